The van der Waals surface area contributed by atoms with Gasteiger partial charge in [-0.2, -0.15) is 0 Å². The van der Waals surface area contributed by atoms with E-state index in [2.05, 4.69) is 13.8 Å². The van der Waals surface area contributed by atoms with Gasteiger partial charge >= 0.3 is 7.82 Å². The van der Waals surface area contributed by atoms with E-state index >= 15 is 0 Å². The zero-order valence-corrected chi connectivity index (χ0v) is 12.3. The summed E-state index contributed by atoms with van der Waals surface area (Å²) in [5.41, 5.74) is 1.20. The first-order chi connectivity index (χ1) is 8.50. The summed E-state index contributed by atoms with van der Waals surface area (Å²) in [4.78, 5) is 0. The Kier molecular flexibility index (Phi) is 5.86. The van der Waals surface area contributed by atoms with Crippen LogP contribution in [0.2, 0.25) is 0 Å². The maximum atomic E-state index is 12.1. The SMILES string of the molecule is CCOP(=O)(OCC)Oc1ccc(C(C)C)cc1. The van der Waals surface area contributed by atoms with Gasteiger partial charge in [0.2, 0.25) is 0 Å². The van der Waals surface area contributed by atoms with Crippen molar-refractivity contribution in [2.75, 3.05) is 13.2 Å². The normalized spacial score (nSPS) is 11.8. The molecule has 0 aliphatic rings. The highest BCUT2D eigenvalue weighted by molar-refractivity contribution is 7.48. The lowest BCUT2D eigenvalue weighted by Crippen LogP contribution is -2.02. The first-order valence-electron chi connectivity index (χ1n) is 6.19. The molecule has 0 N–H and O–H groups in total. The largest absolute Gasteiger partial charge is 0.530 e. The molecule has 102 valence electrons. The molecule has 0 aliphatic carbocycles. The minimum absolute atomic E-state index is 0.279. The van der Waals surface area contributed by atoms with E-state index in [9.17, 15) is 4.57 Å². The molecular formula is C13H21O4P. The number of benzene rings is 1. The van der Waals surface area contributed by atoms with Crippen LogP contribution in [0.15, 0.2) is 24.3 Å². The summed E-state index contributed by atoms with van der Waals surface area (Å²) in [6, 6.07) is 7.45. The Morgan fingerprint density at radius 1 is 1.06 bits per heavy atom. The van der Waals surface area contributed by atoms with Crippen molar-refractivity contribution in [2.45, 2.75) is 33.6 Å². The van der Waals surface area contributed by atoms with Gasteiger partial charge in [-0.25, -0.2) is 4.57 Å². The number of phosphoric acid groups is 1. The lowest BCUT2D eigenvalue weighted by molar-refractivity contribution is 0.167. The van der Waals surface area contributed by atoms with Gasteiger partial charge in [0.05, 0.1) is 13.2 Å². The van der Waals surface area contributed by atoms with Crippen molar-refractivity contribution in [3.8, 4) is 5.75 Å². The summed E-state index contributed by atoms with van der Waals surface area (Å²) >= 11 is 0. The Hall–Kier alpha value is -0.830. The number of phosphoric ester groups is 1. The van der Waals surface area contributed by atoms with E-state index in [1.807, 2.05) is 12.1 Å². The van der Waals surface area contributed by atoms with E-state index in [4.69, 9.17) is 13.6 Å². The lowest BCUT2D eigenvalue weighted by atomic mass is 10.0. The van der Waals surface area contributed by atoms with Crippen LogP contribution in [0.4, 0.5) is 0 Å². The van der Waals surface area contributed by atoms with E-state index in [0.717, 1.165) is 0 Å². The molecule has 0 aromatic heterocycles. The molecule has 5 heteroatoms. The van der Waals surface area contributed by atoms with Crippen LogP contribution >= 0.6 is 7.82 Å². The second kappa shape index (κ2) is 6.93. The predicted octanol–water partition coefficient (Wildman–Crippen LogP) is 4.37. The fourth-order valence-corrected chi connectivity index (χ4v) is 2.64. The fourth-order valence-electron chi connectivity index (χ4n) is 1.45. The molecule has 0 atom stereocenters. The van der Waals surface area contributed by atoms with Crippen LogP contribution in [0.3, 0.4) is 0 Å². The molecule has 0 radical (unpaired) electrons. The molecule has 0 saturated carbocycles. The molecule has 0 saturated heterocycles. The fraction of sp³-hybridized carbons (Fsp3) is 0.538. The first-order valence-corrected chi connectivity index (χ1v) is 7.65. The molecule has 0 spiro atoms. The van der Waals surface area contributed by atoms with E-state index in [0.29, 0.717) is 11.7 Å². The van der Waals surface area contributed by atoms with Crippen LogP contribution in [-0.2, 0) is 13.6 Å². The molecule has 0 aliphatic heterocycles. The second-order valence-electron chi connectivity index (χ2n) is 4.10. The maximum absolute atomic E-state index is 12.1. The first kappa shape index (κ1) is 15.2. The third kappa shape index (κ3) is 4.45. The Morgan fingerprint density at radius 3 is 1.94 bits per heavy atom. The van der Waals surface area contributed by atoms with Crippen LogP contribution in [-0.4, -0.2) is 13.2 Å². The zero-order chi connectivity index (χ0) is 13.6. The van der Waals surface area contributed by atoms with Gasteiger partial charge in [-0.1, -0.05) is 26.0 Å². The summed E-state index contributed by atoms with van der Waals surface area (Å²) in [7, 11) is -3.48. The van der Waals surface area contributed by atoms with Crippen LogP contribution in [0.25, 0.3) is 0 Å². The van der Waals surface area contributed by atoms with E-state index in [1.165, 1.54) is 5.56 Å². The summed E-state index contributed by atoms with van der Waals surface area (Å²) in [6.45, 7) is 8.28. The van der Waals surface area contributed by atoms with Crippen LogP contribution in [0.1, 0.15) is 39.2 Å². The molecule has 1 aromatic carbocycles. The Labute approximate surface area is 109 Å². The van der Waals surface area contributed by atoms with Gasteiger partial charge in [0.25, 0.3) is 0 Å². The minimum atomic E-state index is -3.48. The van der Waals surface area contributed by atoms with Crippen molar-refractivity contribution < 1.29 is 18.1 Å². The van der Waals surface area contributed by atoms with E-state index in [-0.39, 0.29) is 13.2 Å². The molecule has 0 amide bonds. The predicted molar refractivity (Wildman–Crippen MR) is 72.0 cm³/mol. The quantitative estimate of drug-likeness (QED) is 0.691. The molecule has 18 heavy (non-hydrogen) atoms. The highest BCUT2D eigenvalue weighted by atomic mass is 31.2. The van der Waals surface area contributed by atoms with Gasteiger partial charge in [-0.3, -0.25) is 9.05 Å². The van der Waals surface area contributed by atoms with Gasteiger partial charge < -0.3 is 4.52 Å². The van der Waals surface area contributed by atoms with Gasteiger partial charge in [0.1, 0.15) is 5.75 Å². The van der Waals surface area contributed by atoms with Gasteiger partial charge in [0, 0.05) is 0 Å². The number of hydrogen-bond acceptors (Lipinski definition) is 4. The Morgan fingerprint density at radius 2 is 1.56 bits per heavy atom. The van der Waals surface area contributed by atoms with Crippen LogP contribution in [0, 0.1) is 0 Å². The van der Waals surface area contributed by atoms with Crippen LogP contribution in [0.5, 0.6) is 5.75 Å². The third-order valence-electron chi connectivity index (χ3n) is 2.34. The van der Waals surface area contributed by atoms with Crippen LogP contribution < -0.4 is 4.52 Å². The second-order valence-corrected chi connectivity index (χ2v) is 5.69. The maximum Gasteiger partial charge on any atom is 0.530 e. The van der Waals surface area contributed by atoms with Crippen molar-refractivity contribution in [1.82, 2.24) is 0 Å². The number of rotatable bonds is 7. The third-order valence-corrected chi connectivity index (χ3v) is 3.92. The summed E-state index contributed by atoms with van der Waals surface area (Å²) in [5, 5.41) is 0. The zero-order valence-electron chi connectivity index (χ0n) is 11.4. The molecular weight excluding hydrogens is 251 g/mol. The van der Waals surface area contributed by atoms with Crippen molar-refractivity contribution in [3.63, 3.8) is 0 Å². The molecule has 1 rings (SSSR count). The monoisotopic (exact) mass is 272 g/mol. The minimum Gasteiger partial charge on any atom is -0.404 e. The summed E-state index contributed by atoms with van der Waals surface area (Å²) < 4.78 is 27.6. The Balaban J connectivity index is 2.78. The molecule has 0 unspecified atom stereocenters. The average Bonchev–Trinajstić information content (AvgIpc) is 2.30. The molecule has 0 heterocycles. The van der Waals surface area contributed by atoms with Gasteiger partial charge in [-0.15, -0.1) is 0 Å². The Bertz CT molecular complexity index is 390. The molecule has 0 fully saturated rings. The van der Waals surface area contributed by atoms with Gasteiger partial charge in [-0.05, 0) is 37.5 Å². The van der Waals surface area contributed by atoms with E-state index in [1.54, 1.807) is 26.0 Å². The average molecular weight is 272 g/mol. The summed E-state index contributed by atoms with van der Waals surface area (Å²) in [6.07, 6.45) is 0. The lowest BCUT2D eigenvalue weighted by Gasteiger charge is -2.17. The standard InChI is InChI=1S/C13H21O4P/c1-5-15-18(14,16-6-2)17-13-9-7-12(8-10-13)11(3)4/h7-11H,5-6H2,1-4H3. The topological polar surface area (TPSA) is 44.8 Å². The highest BCUT2D eigenvalue weighted by Gasteiger charge is 2.27. The van der Waals surface area contributed by atoms with Crippen molar-refractivity contribution in [3.05, 3.63) is 29.8 Å². The smallest absolute Gasteiger partial charge is 0.404 e. The number of hydrogen-bond donors (Lipinski definition) is 0. The van der Waals surface area contributed by atoms with E-state index < -0.39 is 7.82 Å². The van der Waals surface area contributed by atoms with Gasteiger partial charge in [0.15, 0.2) is 0 Å². The highest BCUT2D eigenvalue weighted by Crippen LogP contribution is 2.49. The molecule has 1 aromatic rings. The molecule has 0 bridgehead atoms. The molecule has 4 nitrogen and oxygen atoms in total. The van der Waals surface area contributed by atoms with Crippen molar-refractivity contribution in [1.29, 1.82) is 0 Å². The summed E-state index contributed by atoms with van der Waals surface area (Å²) in [5.74, 6) is 0.939. The van der Waals surface area contributed by atoms with Crippen molar-refractivity contribution in [2.24, 2.45) is 0 Å². The van der Waals surface area contributed by atoms with Crippen molar-refractivity contribution >= 4 is 7.82 Å².